The van der Waals surface area contributed by atoms with Gasteiger partial charge in [-0.05, 0) is 20.8 Å². The predicted octanol–water partition coefficient (Wildman–Crippen LogP) is 0.216. The molecule has 15 heavy (non-hydrogen) atoms. The van der Waals surface area contributed by atoms with Gasteiger partial charge in [-0.3, -0.25) is 10.1 Å². The van der Waals surface area contributed by atoms with E-state index in [1.165, 1.54) is 6.34 Å². The Bertz CT molecular complexity index is 274. The van der Waals surface area contributed by atoms with Gasteiger partial charge < -0.3 is 9.64 Å². The van der Waals surface area contributed by atoms with Crippen molar-refractivity contribution in [2.75, 3.05) is 14.1 Å². The third-order valence-corrected chi connectivity index (χ3v) is 2.14. The number of carbonyl (C=O) groups is 1. The van der Waals surface area contributed by atoms with Crippen LogP contribution in [-0.4, -0.2) is 49.1 Å². The van der Waals surface area contributed by atoms with Crippen molar-refractivity contribution in [3.63, 3.8) is 0 Å². The Kier molecular flexibility index (Phi) is 3.46. The highest BCUT2D eigenvalue weighted by molar-refractivity contribution is 5.89. The normalized spacial score (nSPS) is 29.7. The van der Waals surface area contributed by atoms with Crippen LogP contribution in [0.5, 0.6) is 0 Å². The van der Waals surface area contributed by atoms with E-state index in [-0.39, 0.29) is 18.1 Å². The fraction of sp³-hybridized carbons (Fsp3) is 0.800. The number of ether oxygens (including phenoxy) is 1. The summed E-state index contributed by atoms with van der Waals surface area (Å²) in [5.41, 5.74) is -0.451. The zero-order valence-electron chi connectivity index (χ0n) is 9.94. The average Bonchev–Trinajstić information content (AvgIpc) is 2.35. The lowest BCUT2D eigenvalue weighted by molar-refractivity contribution is -0.120. The molecule has 0 bridgehead atoms. The summed E-state index contributed by atoms with van der Waals surface area (Å²) in [4.78, 5) is 17.2. The third-order valence-electron chi connectivity index (χ3n) is 2.14. The number of hydrogen-bond acceptors (Lipinski definition) is 3. The maximum Gasteiger partial charge on any atom is 0.266 e. The molecule has 1 aliphatic rings. The molecule has 0 saturated carbocycles. The van der Waals surface area contributed by atoms with Gasteiger partial charge in [0, 0.05) is 14.1 Å². The van der Waals surface area contributed by atoms with Crippen molar-refractivity contribution in [1.82, 2.24) is 10.2 Å². The molecule has 2 atom stereocenters. The van der Waals surface area contributed by atoms with Gasteiger partial charge >= 0.3 is 0 Å². The van der Waals surface area contributed by atoms with Crippen LogP contribution < -0.4 is 5.32 Å². The largest absolute Gasteiger partial charge is 0.369 e. The van der Waals surface area contributed by atoms with Crippen molar-refractivity contribution in [3.8, 4) is 0 Å². The molecule has 0 spiro atoms. The van der Waals surface area contributed by atoms with E-state index in [4.69, 9.17) is 4.74 Å². The SMILES string of the molecule is C[C@H]1OC(C)(C)N[C@@H]1C(=O)N=CN(C)C. The zero-order valence-corrected chi connectivity index (χ0v) is 9.94. The highest BCUT2D eigenvalue weighted by Crippen LogP contribution is 2.21. The summed E-state index contributed by atoms with van der Waals surface area (Å²) in [6.07, 6.45) is 1.36. The Balaban J connectivity index is 2.62. The molecular weight excluding hydrogens is 194 g/mol. The van der Waals surface area contributed by atoms with Crippen LogP contribution in [0.1, 0.15) is 20.8 Å². The van der Waals surface area contributed by atoms with Crippen LogP contribution in [0.4, 0.5) is 0 Å². The first kappa shape index (κ1) is 12.1. The molecule has 5 heteroatoms. The van der Waals surface area contributed by atoms with Crippen molar-refractivity contribution in [2.24, 2.45) is 4.99 Å². The fourth-order valence-corrected chi connectivity index (χ4v) is 1.57. The monoisotopic (exact) mass is 213 g/mol. The summed E-state index contributed by atoms with van der Waals surface area (Å²) in [5, 5.41) is 3.10. The Morgan fingerprint density at radius 3 is 2.53 bits per heavy atom. The molecule has 1 amide bonds. The first-order valence-corrected chi connectivity index (χ1v) is 5.02. The lowest BCUT2D eigenvalue weighted by Crippen LogP contribution is -2.43. The van der Waals surface area contributed by atoms with Crippen molar-refractivity contribution in [3.05, 3.63) is 0 Å². The smallest absolute Gasteiger partial charge is 0.266 e. The molecule has 0 aromatic heterocycles. The summed E-state index contributed by atoms with van der Waals surface area (Å²) in [7, 11) is 3.64. The first-order chi connectivity index (χ1) is 6.82. The van der Waals surface area contributed by atoms with Crippen molar-refractivity contribution >= 4 is 12.2 Å². The topological polar surface area (TPSA) is 53.9 Å². The predicted molar refractivity (Wildman–Crippen MR) is 58.7 cm³/mol. The number of nitrogens with one attached hydrogen (secondary N) is 1. The number of aliphatic imine (C=N–C) groups is 1. The van der Waals surface area contributed by atoms with Gasteiger partial charge in [-0.2, -0.15) is 0 Å². The molecule has 1 heterocycles. The van der Waals surface area contributed by atoms with Crippen LogP contribution in [0.3, 0.4) is 0 Å². The van der Waals surface area contributed by atoms with E-state index in [9.17, 15) is 4.79 Å². The second-order valence-corrected chi connectivity index (χ2v) is 4.50. The number of amides is 1. The minimum absolute atomic E-state index is 0.146. The molecule has 1 rings (SSSR count). The molecule has 1 saturated heterocycles. The molecule has 1 fully saturated rings. The van der Waals surface area contributed by atoms with E-state index in [2.05, 4.69) is 10.3 Å². The van der Waals surface area contributed by atoms with Gasteiger partial charge in [-0.25, -0.2) is 4.99 Å². The summed E-state index contributed by atoms with van der Waals surface area (Å²) >= 11 is 0. The van der Waals surface area contributed by atoms with Gasteiger partial charge in [0.15, 0.2) is 0 Å². The van der Waals surface area contributed by atoms with E-state index >= 15 is 0 Å². The Labute approximate surface area is 90.5 Å². The Hall–Kier alpha value is -0.940. The number of hydrogen-bond donors (Lipinski definition) is 1. The molecule has 0 aromatic carbocycles. The molecule has 0 aromatic rings. The van der Waals surface area contributed by atoms with Crippen molar-refractivity contribution in [1.29, 1.82) is 0 Å². The van der Waals surface area contributed by atoms with Crippen molar-refractivity contribution < 1.29 is 9.53 Å². The van der Waals surface area contributed by atoms with Crippen molar-refractivity contribution in [2.45, 2.75) is 38.6 Å². The third kappa shape index (κ3) is 3.28. The summed E-state index contributed by atoms with van der Waals surface area (Å²) < 4.78 is 5.57. The number of nitrogens with zero attached hydrogens (tertiary/aromatic N) is 2. The molecule has 1 aliphatic heterocycles. The highest BCUT2D eigenvalue weighted by Gasteiger charge is 2.40. The molecule has 5 nitrogen and oxygen atoms in total. The second kappa shape index (κ2) is 4.28. The quantitative estimate of drug-likeness (QED) is 0.526. The molecule has 0 aliphatic carbocycles. The number of carbonyl (C=O) groups excluding carboxylic acids is 1. The van der Waals surface area contributed by atoms with Crippen LogP contribution in [0.2, 0.25) is 0 Å². The fourth-order valence-electron chi connectivity index (χ4n) is 1.57. The van der Waals surface area contributed by atoms with Gasteiger partial charge in [0.2, 0.25) is 0 Å². The van der Waals surface area contributed by atoms with Gasteiger partial charge in [0.1, 0.15) is 11.8 Å². The molecule has 0 unspecified atom stereocenters. The summed E-state index contributed by atoms with van der Waals surface area (Å²) in [6, 6.07) is -0.351. The van der Waals surface area contributed by atoms with Crippen LogP contribution in [0.25, 0.3) is 0 Å². The molecular formula is C10H19N3O2. The number of rotatable bonds is 2. The molecule has 1 N–H and O–H groups in total. The minimum Gasteiger partial charge on any atom is -0.369 e. The first-order valence-electron chi connectivity index (χ1n) is 5.02. The molecule has 0 radical (unpaired) electrons. The van der Waals surface area contributed by atoms with E-state index in [0.29, 0.717) is 0 Å². The van der Waals surface area contributed by atoms with Gasteiger partial charge in [0.05, 0.1) is 12.4 Å². The zero-order chi connectivity index (χ0) is 11.6. The van der Waals surface area contributed by atoms with E-state index in [0.717, 1.165) is 0 Å². The van der Waals surface area contributed by atoms with E-state index in [1.54, 1.807) is 4.90 Å². The Morgan fingerprint density at radius 1 is 1.53 bits per heavy atom. The lowest BCUT2D eigenvalue weighted by Gasteiger charge is -2.17. The van der Waals surface area contributed by atoms with E-state index < -0.39 is 5.72 Å². The Morgan fingerprint density at radius 2 is 2.13 bits per heavy atom. The van der Waals surface area contributed by atoms with Gasteiger partial charge in [0.25, 0.3) is 5.91 Å². The van der Waals surface area contributed by atoms with Crippen LogP contribution in [0.15, 0.2) is 4.99 Å². The maximum atomic E-state index is 11.7. The maximum absolute atomic E-state index is 11.7. The second-order valence-electron chi connectivity index (χ2n) is 4.50. The summed E-state index contributed by atoms with van der Waals surface area (Å²) in [6.45, 7) is 5.66. The van der Waals surface area contributed by atoms with Crippen LogP contribution in [0, 0.1) is 0 Å². The highest BCUT2D eigenvalue weighted by atomic mass is 16.5. The van der Waals surface area contributed by atoms with Crippen LogP contribution in [-0.2, 0) is 9.53 Å². The summed E-state index contributed by atoms with van der Waals surface area (Å²) in [5.74, 6) is -0.193. The van der Waals surface area contributed by atoms with Gasteiger partial charge in [-0.1, -0.05) is 0 Å². The van der Waals surface area contributed by atoms with Gasteiger partial charge in [-0.15, -0.1) is 0 Å². The van der Waals surface area contributed by atoms with E-state index in [1.807, 2.05) is 34.9 Å². The minimum atomic E-state index is -0.451. The molecule has 86 valence electrons. The average molecular weight is 213 g/mol. The standard InChI is InChI=1S/C10H19N3O2/c1-7-8(12-10(2,3)15-7)9(14)11-6-13(4)5/h6-8,12H,1-5H3/t7-,8+/m1/s1. The van der Waals surface area contributed by atoms with Crippen LogP contribution >= 0.6 is 0 Å². The lowest BCUT2D eigenvalue weighted by atomic mass is 10.2.